The molecule has 1 aliphatic carbocycles. The summed E-state index contributed by atoms with van der Waals surface area (Å²) in [6, 6.07) is 8.39. The van der Waals surface area contributed by atoms with Crippen molar-refractivity contribution < 1.29 is 4.79 Å². The fourth-order valence-corrected chi connectivity index (χ4v) is 4.39. The lowest BCUT2D eigenvalue weighted by molar-refractivity contribution is 0.0887. The van der Waals surface area contributed by atoms with Crippen LogP contribution in [0.1, 0.15) is 55.0 Å². The fourth-order valence-electron chi connectivity index (χ4n) is 4.39. The molecular formula is C22H28ClN3O. The number of benzene rings is 1. The molecule has 0 saturated carbocycles. The predicted octanol–water partition coefficient (Wildman–Crippen LogP) is 5.07. The Hall–Kier alpha value is -2.07. The Morgan fingerprint density at radius 2 is 2.00 bits per heavy atom. The molecule has 2 heterocycles. The zero-order chi connectivity index (χ0) is 18.1. The third kappa shape index (κ3) is 3.43. The number of nitrogens with zero attached hydrogens (tertiary/aromatic N) is 3. The lowest BCUT2D eigenvalue weighted by atomic mass is 9.85. The largest absolute Gasteiger partial charge is 0.344 e. The fraction of sp³-hybridized carbons (Fsp3) is 0.455. The van der Waals surface area contributed by atoms with Crippen molar-refractivity contribution in [3.05, 3.63) is 53.7 Å². The van der Waals surface area contributed by atoms with Gasteiger partial charge in [-0.15, -0.1) is 12.4 Å². The number of imidazole rings is 1. The van der Waals surface area contributed by atoms with Gasteiger partial charge in [0.2, 0.25) is 0 Å². The van der Waals surface area contributed by atoms with Gasteiger partial charge in [0.1, 0.15) is 5.82 Å². The lowest BCUT2D eigenvalue weighted by Crippen LogP contribution is -2.27. The Labute approximate surface area is 167 Å². The molecule has 3 aromatic rings. The molecule has 1 atom stereocenters. The molecule has 0 radical (unpaired) electrons. The number of ketones is 1. The van der Waals surface area contributed by atoms with Crippen LogP contribution in [0.25, 0.3) is 10.9 Å². The summed E-state index contributed by atoms with van der Waals surface area (Å²) in [4.78, 5) is 17.9. The molecule has 4 rings (SSSR count). The highest BCUT2D eigenvalue weighted by Gasteiger charge is 2.32. The highest BCUT2D eigenvalue weighted by atomic mass is 35.5. The Kier molecular flexibility index (Phi) is 6.05. The second-order valence-corrected chi connectivity index (χ2v) is 7.34. The molecule has 1 unspecified atom stereocenters. The topological polar surface area (TPSA) is 39.8 Å². The van der Waals surface area contributed by atoms with Crippen LogP contribution in [0.4, 0.5) is 0 Å². The van der Waals surface area contributed by atoms with Gasteiger partial charge < -0.3 is 9.13 Å². The van der Waals surface area contributed by atoms with Gasteiger partial charge in [-0.25, -0.2) is 4.98 Å². The van der Waals surface area contributed by atoms with E-state index in [4.69, 9.17) is 0 Å². The second-order valence-electron chi connectivity index (χ2n) is 7.34. The van der Waals surface area contributed by atoms with Crippen LogP contribution >= 0.6 is 12.4 Å². The minimum absolute atomic E-state index is 0. The first-order chi connectivity index (χ1) is 12.7. The molecule has 0 aliphatic heterocycles. The molecule has 1 aliphatic rings. The van der Waals surface area contributed by atoms with E-state index >= 15 is 0 Å². The molecule has 144 valence electrons. The minimum Gasteiger partial charge on any atom is -0.344 e. The zero-order valence-corrected chi connectivity index (χ0v) is 17.0. The second kappa shape index (κ2) is 8.30. The molecule has 0 N–H and O–H groups in total. The van der Waals surface area contributed by atoms with Crippen LogP contribution in [0.3, 0.4) is 0 Å². The molecule has 0 amide bonds. The van der Waals surface area contributed by atoms with Gasteiger partial charge in [-0.05, 0) is 31.7 Å². The number of Topliss-reactive ketones (excluding diaryl/α,β-unsaturated/α-hetero) is 1. The van der Waals surface area contributed by atoms with Crippen LogP contribution in [0, 0.1) is 5.92 Å². The number of fused-ring (bicyclic) bond motifs is 3. The standard InChI is InChI=1S/C22H27N3O.ClH/c1-3-7-20-23-12-14-24(20)15-16-10-11-19-21(22(16)26)17-8-5-6-9-18(17)25(19)13-4-2;/h5-6,8-9,12,14,16H,3-4,7,10-11,13,15H2,1-2H3;1H. The number of rotatable bonds is 6. The number of aryl methyl sites for hydroxylation is 2. The van der Waals surface area contributed by atoms with Crippen LogP contribution in [-0.2, 0) is 25.9 Å². The van der Waals surface area contributed by atoms with E-state index in [9.17, 15) is 4.79 Å². The summed E-state index contributed by atoms with van der Waals surface area (Å²) in [6.45, 7) is 6.10. The van der Waals surface area contributed by atoms with Crippen molar-refractivity contribution >= 4 is 29.1 Å². The Morgan fingerprint density at radius 3 is 2.78 bits per heavy atom. The Morgan fingerprint density at radius 1 is 1.19 bits per heavy atom. The van der Waals surface area contributed by atoms with Crippen LogP contribution < -0.4 is 0 Å². The lowest BCUT2D eigenvalue weighted by Gasteiger charge is -2.24. The molecule has 0 saturated heterocycles. The summed E-state index contributed by atoms with van der Waals surface area (Å²) >= 11 is 0. The van der Waals surface area contributed by atoms with Gasteiger partial charge in [-0.2, -0.15) is 0 Å². The maximum absolute atomic E-state index is 13.4. The van der Waals surface area contributed by atoms with Gasteiger partial charge in [0.25, 0.3) is 0 Å². The van der Waals surface area contributed by atoms with Crippen molar-refractivity contribution in [2.45, 2.75) is 59.0 Å². The third-order valence-corrected chi connectivity index (χ3v) is 5.56. The van der Waals surface area contributed by atoms with E-state index in [0.717, 1.165) is 62.0 Å². The van der Waals surface area contributed by atoms with Crippen LogP contribution in [0.2, 0.25) is 0 Å². The quantitative estimate of drug-likeness (QED) is 0.594. The van der Waals surface area contributed by atoms with Gasteiger partial charge in [-0.3, -0.25) is 4.79 Å². The first-order valence-corrected chi connectivity index (χ1v) is 9.88. The number of carbonyl (C=O) groups excluding carboxylic acids is 1. The zero-order valence-electron chi connectivity index (χ0n) is 16.1. The van der Waals surface area contributed by atoms with Crippen molar-refractivity contribution in [1.29, 1.82) is 0 Å². The van der Waals surface area contributed by atoms with Crippen molar-refractivity contribution in [2.75, 3.05) is 0 Å². The van der Waals surface area contributed by atoms with E-state index in [0.29, 0.717) is 5.78 Å². The van der Waals surface area contributed by atoms with E-state index in [2.05, 4.69) is 46.2 Å². The smallest absolute Gasteiger partial charge is 0.170 e. The summed E-state index contributed by atoms with van der Waals surface area (Å²) < 4.78 is 4.56. The van der Waals surface area contributed by atoms with Crippen molar-refractivity contribution in [2.24, 2.45) is 5.92 Å². The molecule has 5 heteroatoms. The molecule has 0 bridgehead atoms. The number of aromatic nitrogens is 3. The SMILES string of the molecule is CCCc1nccn1CC1CCc2c(c3ccccc3n2CCC)C1=O.Cl. The van der Waals surface area contributed by atoms with Gasteiger partial charge in [0.15, 0.2) is 5.78 Å². The van der Waals surface area contributed by atoms with E-state index in [1.165, 1.54) is 11.2 Å². The van der Waals surface area contributed by atoms with Crippen LogP contribution in [-0.4, -0.2) is 19.9 Å². The van der Waals surface area contributed by atoms with E-state index in [-0.39, 0.29) is 18.3 Å². The number of carbonyl (C=O) groups is 1. The third-order valence-electron chi connectivity index (χ3n) is 5.56. The number of halogens is 1. The van der Waals surface area contributed by atoms with E-state index in [1.807, 2.05) is 18.5 Å². The molecule has 0 fully saturated rings. The maximum Gasteiger partial charge on any atom is 0.170 e. The molecular weight excluding hydrogens is 358 g/mol. The summed E-state index contributed by atoms with van der Waals surface area (Å²) in [6.07, 6.45) is 8.91. The van der Waals surface area contributed by atoms with Crippen LogP contribution in [0.15, 0.2) is 36.7 Å². The molecule has 1 aromatic carbocycles. The summed E-state index contributed by atoms with van der Waals surface area (Å²) in [7, 11) is 0. The number of hydrogen-bond donors (Lipinski definition) is 0. The average Bonchev–Trinajstić information content (AvgIpc) is 3.21. The van der Waals surface area contributed by atoms with E-state index in [1.54, 1.807) is 0 Å². The monoisotopic (exact) mass is 385 g/mol. The molecule has 27 heavy (non-hydrogen) atoms. The Balaban J connectivity index is 0.00000210. The van der Waals surface area contributed by atoms with Gasteiger partial charge in [-0.1, -0.05) is 32.0 Å². The molecule has 0 spiro atoms. The Bertz CT molecular complexity index is 940. The number of para-hydroxylation sites is 1. The van der Waals surface area contributed by atoms with Crippen molar-refractivity contribution in [1.82, 2.24) is 14.1 Å². The normalized spacial score (nSPS) is 16.4. The molecule has 4 nitrogen and oxygen atoms in total. The summed E-state index contributed by atoms with van der Waals surface area (Å²) in [5.41, 5.74) is 3.43. The minimum atomic E-state index is 0. The number of hydrogen-bond acceptors (Lipinski definition) is 2. The van der Waals surface area contributed by atoms with Gasteiger partial charge >= 0.3 is 0 Å². The highest BCUT2D eigenvalue weighted by molar-refractivity contribution is 6.11. The first-order valence-electron chi connectivity index (χ1n) is 9.88. The summed E-state index contributed by atoms with van der Waals surface area (Å²) in [5.74, 6) is 1.46. The van der Waals surface area contributed by atoms with Crippen molar-refractivity contribution in [3.8, 4) is 0 Å². The summed E-state index contributed by atoms with van der Waals surface area (Å²) in [5, 5.41) is 1.13. The average molecular weight is 386 g/mol. The van der Waals surface area contributed by atoms with Gasteiger partial charge in [0.05, 0.1) is 0 Å². The first kappa shape index (κ1) is 19.7. The molecule has 2 aromatic heterocycles. The van der Waals surface area contributed by atoms with Crippen molar-refractivity contribution in [3.63, 3.8) is 0 Å². The highest BCUT2D eigenvalue weighted by Crippen LogP contribution is 2.35. The van der Waals surface area contributed by atoms with E-state index < -0.39 is 0 Å². The van der Waals surface area contributed by atoms with Crippen LogP contribution in [0.5, 0.6) is 0 Å². The maximum atomic E-state index is 13.4. The predicted molar refractivity (Wildman–Crippen MR) is 112 cm³/mol. The van der Waals surface area contributed by atoms with Gasteiger partial charge in [0, 0.05) is 60.0 Å².